The summed E-state index contributed by atoms with van der Waals surface area (Å²) in [5, 5.41) is -0.948. The third-order valence-electron chi connectivity index (χ3n) is 7.06. The molecule has 36 heavy (non-hydrogen) atoms. The van der Waals surface area contributed by atoms with Crippen molar-refractivity contribution in [3.05, 3.63) is 68.4 Å². The van der Waals surface area contributed by atoms with Gasteiger partial charge in [-0.1, -0.05) is 48.7 Å². The Morgan fingerprint density at radius 3 is 2.53 bits per heavy atom. The molecule has 11 heteroatoms. The van der Waals surface area contributed by atoms with E-state index >= 15 is 0 Å². The quantitative estimate of drug-likeness (QED) is 0.221. The fraction of sp³-hybridized carbons (Fsp3) is 0.440. The van der Waals surface area contributed by atoms with E-state index in [1.807, 2.05) is 19.1 Å². The summed E-state index contributed by atoms with van der Waals surface area (Å²) in [4.78, 5) is 14.1. The van der Waals surface area contributed by atoms with Gasteiger partial charge in [0.25, 0.3) is 0 Å². The predicted octanol–water partition coefficient (Wildman–Crippen LogP) is 7.19. The number of hydrogen-bond acceptors (Lipinski definition) is 4. The van der Waals surface area contributed by atoms with Gasteiger partial charge in [-0.2, -0.15) is 13.2 Å². The van der Waals surface area contributed by atoms with Gasteiger partial charge in [0.2, 0.25) is 5.91 Å². The number of fused-ring (bicyclic) bond motifs is 2. The zero-order valence-electron chi connectivity index (χ0n) is 19.2. The van der Waals surface area contributed by atoms with Crippen molar-refractivity contribution >= 4 is 46.8 Å². The van der Waals surface area contributed by atoms with Crippen LogP contribution in [-0.2, 0) is 26.5 Å². The van der Waals surface area contributed by atoms with Crippen molar-refractivity contribution in [3.8, 4) is 0 Å². The molecule has 1 spiro atoms. The molecular formula is C25H22Cl2F4N2O2S. The number of carbonyl (C=O) groups is 1. The first-order chi connectivity index (χ1) is 17.0. The first-order valence-electron chi connectivity index (χ1n) is 11.5. The molecule has 0 saturated carbocycles. The Balaban J connectivity index is 1.38. The Morgan fingerprint density at radius 2 is 1.89 bits per heavy atom. The summed E-state index contributed by atoms with van der Waals surface area (Å²) < 4.78 is 64.9. The predicted molar refractivity (Wildman–Crippen MR) is 132 cm³/mol. The largest absolute Gasteiger partial charge is 0.409 e. The number of alkyl halides is 3. The van der Waals surface area contributed by atoms with E-state index < -0.39 is 38.8 Å². The molecule has 1 amide bonds. The van der Waals surface area contributed by atoms with Crippen LogP contribution in [0.2, 0.25) is 10.0 Å². The smallest absolute Gasteiger partial charge is 0.362 e. The van der Waals surface area contributed by atoms with Gasteiger partial charge in [0.15, 0.2) is 10.6 Å². The molecule has 2 aromatic rings. The molecule has 1 fully saturated rings. The molecule has 1 saturated heterocycles. The van der Waals surface area contributed by atoms with Crippen LogP contribution in [0, 0.1) is 5.82 Å². The lowest BCUT2D eigenvalue weighted by Gasteiger charge is -2.47. The third-order valence-corrected chi connectivity index (χ3v) is 8.84. The minimum absolute atomic E-state index is 0.109. The fourth-order valence-electron chi connectivity index (χ4n) is 4.97. The van der Waals surface area contributed by atoms with E-state index in [1.165, 1.54) is 0 Å². The van der Waals surface area contributed by atoms with Crippen LogP contribution in [0.1, 0.15) is 54.9 Å². The monoisotopic (exact) mass is 560 g/mol. The van der Waals surface area contributed by atoms with E-state index in [9.17, 15) is 22.4 Å². The molecule has 0 aromatic heterocycles. The SMILES string of the molecule is CCCCC(=O)N1CC2(C1)OCc1cc(C3=NSC(c4cc(Cl)c(F)c(Cl)c4)(C(F)(F)F)C3)ccc12. The number of ether oxygens (including phenoxy) is 1. The lowest BCUT2D eigenvalue weighted by atomic mass is 9.83. The Morgan fingerprint density at radius 1 is 1.19 bits per heavy atom. The second kappa shape index (κ2) is 9.19. The Bertz CT molecular complexity index is 1240. The van der Waals surface area contributed by atoms with Crippen LogP contribution in [0.3, 0.4) is 0 Å². The summed E-state index contributed by atoms with van der Waals surface area (Å²) in [5.41, 5.74) is 1.85. The van der Waals surface area contributed by atoms with Crippen molar-refractivity contribution in [3.63, 3.8) is 0 Å². The number of likely N-dealkylation sites (tertiary alicyclic amines) is 1. The van der Waals surface area contributed by atoms with Gasteiger partial charge in [0.05, 0.1) is 35.5 Å². The second-order valence-electron chi connectivity index (χ2n) is 9.39. The lowest BCUT2D eigenvalue weighted by molar-refractivity contribution is -0.168. The molecule has 0 N–H and O–H groups in total. The molecule has 192 valence electrons. The van der Waals surface area contributed by atoms with Crippen LogP contribution in [0.25, 0.3) is 0 Å². The molecule has 4 nitrogen and oxygen atoms in total. The molecule has 0 bridgehead atoms. The minimum Gasteiger partial charge on any atom is -0.362 e. The van der Waals surface area contributed by atoms with Gasteiger partial charge in [-0.05, 0) is 58.8 Å². The van der Waals surface area contributed by atoms with Crippen molar-refractivity contribution in [1.82, 2.24) is 4.90 Å². The number of benzene rings is 2. The van der Waals surface area contributed by atoms with Gasteiger partial charge in [0.1, 0.15) is 5.60 Å². The highest BCUT2D eigenvalue weighted by molar-refractivity contribution is 7.99. The van der Waals surface area contributed by atoms with Crippen LogP contribution >= 0.6 is 35.1 Å². The van der Waals surface area contributed by atoms with Crippen molar-refractivity contribution in [2.45, 2.75) is 55.7 Å². The van der Waals surface area contributed by atoms with Crippen LogP contribution < -0.4 is 0 Å². The zero-order chi connectivity index (χ0) is 25.9. The normalized spacial score (nSPS) is 22.5. The summed E-state index contributed by atoms with van der Waals surface area (Å²) >= 11 is 12.0. The van der Waals surface area contributed by atoms with Crippen molar-refractivity contribution in [2.24, 2.45) is 4.40 Å². The van der Waals surface area contributed by atoms with E-state index in [-0.39, 0.29) is 17.2 Å². The molecular weight excluding hydrogens is 539 g/mol. The number of rotatable bonds is 5. The van der Waals surface area contributed by atoms with E-state index in [2.05, 4.69) is 4.40 Å². The van der Waals surface area contributed by atoms with Gasteiger partial charge < -0.3 is 9.64 Å². The summed E-state index contributed by atoms with van der Waals surface area (Å²) in [6, 6.07) is 7.34. The van der Waals surface area contributed by atoms with Gasteiger partial charge in [-0.25, -0.2) is 8.79 Å². The molecule has 3 aliphatic heterocycles. The maximum absolute atomic E-state index is 14.4. The Kier molecular flexibility index (Phi) is 6.59. The fourth-order valence-corrected chi connectivity index (χ4v) is 6.42. The van der Waals surface area contributed by atoms with E-state index in [1.54, 1.807) is 11.0 Å². The number of carbonyl (C=O) groups excluding carboxylic acids is 1. The highest BCUT2D eigenvalue weighted by atomic mass is 35.5. The average molecular weight is 561 g/mol. The number of hydrogen-bond donors (Lipinski definition) is 0. The Hall–Kier alpha value is -1.81. The van der Waals surface area contributed by atoms with Crippen molar-refractivity contribution in [1.29, 1.82) is 0 Å². The molecule has 2 aromatic carbocycles. The first-order valence-corrected chi connectivity index (χ1v) is 13.0. The van der Waals surface area contributed by atoms with E-state index in [0.29, 0.717) is 43.6 Å². The lowest BCUT2D eigenvalue weighted by Crippen LogP contribution is -2.61. The number of nitrogens with zero attached hydrogens (tertiary/aromatic N) is 2. The number of halogens is 6. The average Bonchev–Trinajstić information content (AvgIpc) is 3.42. The summed E-state index contributed by atoms with van der Waals surface area (Å²) in [6.07, 6.45) is -2.84. The highest BCUT2D eigenvalue weighted by Gasteiger charge is 2.60. The van der Waals surface area contributed by atoms with Gasteiger partial charge in [0, 0.05) is 12.8 Å². The van der Waals surface area contributed by atoms with E-state index in [0.717, 1.165) is 36.1 Å². The molecule has 1 unspecified atom stereocenters. The first kappa shape index (κ1) is 25.8. The van der Waals surface area contributed by atoms with Gasteiger partial charge in [-0.3, -0.25) is 4.79 Å². The molecule has 0 aliphatic carbocycles. The maximum Gasteiger partial charge on any atom is 0.409 e. The zero-order valence-corrected chi connectivity index (χ0v) is 21.6. The van der Waals surface area contributed by atoms with Crippen LogP contribution in [0.15, 0.2) is 34.7 Å². The van der Waals surface area contributed by atoms with Gasteiger partial charge in [-0.15, -0.1) is 0 Å². The topological polar surface area (TPSA) is 41.9 Å². The molecule has 1 atom stereocenters. The highest BCUT2D eigenvalue weighted by Crippen LogP contribution is 2.57. The van der Waals surface area contributed by atoms with Crippen molar-refractivity contribution < 1.29 is 27.1 Å². The van der Waals surface area contributed by atoms with E-state index in [4.69, 9.17) is 27.9 Å². The molecule has 0 radical (unpaired) electrons. The van der Waals surface area contributed by atoms with Crippen LogP contribution in [0.5, 0.6) is 0 Å². The minimum atomic E-state index is -4.70. The number of unbranched alkanes of at least 4 members (excludes halogenated alkanes) is 1. The Labute approximate surface area is 220 Å². The van der Waals surface area contributed by atoms with Crippen LogP contribution in [-0.4, -0.2) is 35.8 Å². The van der Waals surface area contributed by atoms with Crippen LogP contribution in [0.4, 0.5) is 17.6 Å². The summed E-state index contributed by atoms with van der Waals surface area (Å²) in [7, 11) is 0. The summed E-state index contributed by atoms with van der Waals surface area (Å²) in [6.45, 7) is 3.30. The van der Waals surface area contributed by atoms with Crippen molar-refractivity contribution in [2.75, 3.05) is 13.1 Å². The molecule has 3 heterocycles. The van der Waals surface area contributed by atoms with Gasteiger partial charge >= 0.3 is 6.18 Å². The molecule has 3 aliphatic rings. The standard InChI is InChI=1S/C25H22Cl2F4N2O2S/c1-2-3-4-21(34)33-12-23(13-33)17-6-5-14(7-15(17)11-35-23)20-10-24(36-32-20,25(29,30)31)16-8-18(26)22(28)19(27)9-16/h5-9H,2-4,10-13H2,1H3. The summed E-state index contributed by atoms with van der Waals surface area (Å²) in [5.74, 6) is -0.851. The number of amides is 1. The second-order valence-corrected chi connectivity index (χ2v) is 11.3. The maximum atomic E-state index is 14.4. The molecule has 5 rings (SSSR count). The third kappa shape index (κ3) is 4.12.